The average molecular weight is 377 g/mol. The van der Waals surface area contributed by atoms with Crippen molar-refractivity contribution in [2.24, 2.45) is 0 Å². The largest absolute Gasteiger partial charge is 0.494 e. The van der Waals surface area contributed by atoms with Crippen LogP contribution in [0.3, 0.4) is 0 Å². The number of amides is 1. The molecule has 0 bridgehead atoms. The van der Waals surface area contributed by atoms with Gasteiger partial charge in [-0.1, -0.05) is 0 Å². The van der Waals surface area contributed by atoms with Crippen molar-refractivity contribution < 1.29 is 13.9 Å². The summed E-state index contributed by atoms with van der Waals surface area (Å²) >= 11 is 0. The van der Waals surface area contributed by atoms with E-state index in [2.05, 4.69) is 25.9 Å². The minimum Gasteiger partial charge on any atom is -0.494 e. The number of carbonyl (C=O) groups excluding carboxylic acids is 1. The lowest BCUT2D eigenvalue weighted by molar-refractivity contribution is 0.102. The molecule has 2 aromatic carbocycles. The number of hydrogen-bond acceptors (Lipinski definition) is 7. The van der Waals surface area contributed by atoms with Gasteiger partial charge in [-0.2, -0.15) is 5.21 Å². The molecule has 0 radical (unpaired) electrons. The molecule has 9 nitrogen and oxygen atoms in total. The number of aromatic nitrogens is 4. The van der Waals surface area contributed by atoms with Gasteiger partial charge in [0.05, 0.1) is 12.0 Å². The van der Waals surface area contributed by atoms with Crippen LogP contribution in [0.15, 0.2) is 57.7 Å². The third-order valence-corrected chi connectivity index (χ3v) is 3.98. The summed E-state index contributed by atoms with van der Waals surface area (Å²) in [6.07, 6.45) is 0. The predicted molar refractivity (Wildman–Crippen MR) is 101 cm³/mol. The summed E-state index contributed by atoms with van der Waals surface area (Å²) in [5.41, 5.74) is 1.03. The third kappa shape index (κ3) is 3.45. The summed E-state index contributed by atoms with van der Waals surface area (Å²) in [5.74, 6) is 0.791. The quantitative estimate of drug-likeness (QED) is 0.548. The van der Waals surface area contributed by atoms with Crippen LogP contribution < -0.4 is 15.5 Å². The van der Waals surface area contributed by atoms with Gasteiger partial charge in [0.2, 0.25) is 5.82 Å². The van der Waals surface area contributed by atoms with Crippen LogP contribution in [-0.4, -0.2) is 33.1 Å². The average Bonchev–Trinajstić information content (AvgIpc) is 3.24. The fourth-order valence-corrected chi connectivity index (χ4v) is 2.68. The molecule has 0 saturated carbocycles. The first kappa shape index (κ1) is 17.4. The molecule has 0 saturated heterocycles. The molecule has 4 aromatic rings. The van der Waals surface area contributed by atoms with E-state index in [1.54, 1.807) is 42.5 Å². The number of nitrogens with one attached hydrogen (secondary N) is 2. The van der Waals surface area contributed by atoms with Crippen LogP contribution in [0.25, 0.3) is 22.6 Å². The fourth-order valence-electron chi connectivity index (χ4n) is 2.68. The van der Waals surface area contributed by atoms with Gasteiger partial charge in [0.15, 0.2) is 11.2 Å². The highest BCUT2D eigenvalue weighted by Gasteiger charge is 2.12. The molecule has 9 heteroatoms. The molecule has 0 unspecified atom stereocenters. The first-order valence-corrected chi connectivity index (χ1v) is 8.50. The molecule has 28 heavy (non-hydrogen) atoms. The second-order valence-corrected chi connectivity index (χ2v) is 5.83. The zero-order chi connectivity index (χ0) is 19.5. The Labute approximate surface area is 158 Å². The SMILES string of the molecule is CCOc1ccc(C(=O)Nc2ccc3oc(-c4nn[nH]n4)cc(=O)c3c2)cc1. The summed E-state index contributed by atoms with van der Waals surface area (Å²) in [7, 11) is 0. The number of carbonyl (C=O) groups is 1. The maximum Gasteiger partial charge on any atom is 0.255 e. The summed E-state index contributed by atoms with van der Waals surface area (Å²) in [5, 5.41) is 16.4. The van der Waals surface area contributed by atoms with Crippen molar-refractivity contribution >= 4 is 22.6 Å². The van der Waals surface area contributed by atoms with Gasteiger partial charge < -0.3 is 14.5 Å². The third-order valence-electron chi connectivity index (χ3n) is 3.98. The molecule has 0 atom stereocenters. The molecule has 2 N–H and O–H groups in total. The van der Waals surface area contributed by atoms with Crippen LogP contribution in [-0.2, 0) is 0 Å². The normalized spacial score (nSPS) is 10.8. The van der Waals surface area contributed by atoms with E-state index in [1.807, 2.05) is 6.92 Å². The molecule has 4 rings (SSSR count). The van der Waals surface area contributed by atoms with E-state index >= 15 is 0 Å². The van der Waals surface area contributed by atoms with Crippen molar-refractivity contribution in [3.05, 3.63) is 64.3 Å². The highest BCUT2D eigenvalue weighted by Crippen LogP contribution is 2.22. The number of H-pyrrole nitrogens is 1. The molecular formula is C19H15N5O4. The first-order chi connectivity index (χ1) is 13.6. The highest BCUT2D eigenvalue weighted by molar-refractivity contribution is 6.05. The van der Waals surface area contributed by atoms with Crippen molar-refractivity contribution in [2.45, 2.75) is 6.92 Å². The molecule has 0 spiro atoms. The number of nitrogens with zero attached hydrogens (tertiary/aromatic N) is 3. The number of ether oxygens (including phenoxy) is 1. The van der Waals surface area contributed by atoms with Gasteiger partial charge in [-0.25, -0.2) is 0 Å². The van der Waals surface area contributed by atoms with Gasteiger partial charge >= 0.3 is 0 Å². The molecule has 0 aliphatic rings. The number of fused-ring (bicyclic) bond motifs is 1. The molecule has 2 heterocycles. The number of aromatic amines is 1. The smallest absolute Gasteiger partial charge is 0.255 e. The van der Waals surface area contributed by atoms with Crippen LogP contribution in [0.5, 0.6) is 5.75 Å². The maximum atomic E-state index is 12.4. The topological polar surface area (TPSA) is 123 Å². The molecule has 0 fully saturated rings. The van der Waals surface area contributed by atoms with E-state index in [4.69, 9.17) is 9.15 Å². The van der Waals surface area contributed by atoms with E-state index in [9.17, 15) is 9.59 Å². The Morgan fingerprint density at radius 2 is 2.00 bits per heavy atom. The molecular weight excluding hydrogens is 362 g/mol. The highest BCUT2D eigenvalue weighted by atomic mass is 16.5. The predicted octanol–water partition coefficient (Wildman–Crippen LogP) is 2.62. The second kappa shape index (κ2) is 7.31. The number of anilines is 1. The first-order valence-electron chi connectivity index (χ1n) is 8.50. The number of tetrazole rings is 1. The number of rotatable bonds is 5. The van der Waals surface area contributed by atoms with Gasteiger partial charge in [-0.05, 0) is 54.6 Å². The summed E-state index contributed by atoms with van der Waals surface area (Å²) < 4.78 is 11.0. The monoisotopic (exact) mass is 377 g/mol. The van der Waals surface area contributed by atoms with E-state index in [1.165, 1.54) is 6.07 Å². The zero-order valence-electron chi connectivity index (χ0n) is 14.8. The van der Waals surface area contributed by atoms with Crippen molar-refractivity contribution in [1.29, 1.82) is 0 Å². The molecule has 1 amide bonds. The molecule has 2 aromatic heterocycles. The Balaban J connectivity index is 1.59. The number of benzene rings is 2. The summed E-state index contributed by atoms with van der Waals surface area (Å²) in [6, 6.07) is 12.9. The van der Waals surface area contributed by atoms with Crippen molar-refractivity contribution in [2.75, 3.05) is 11.9 Å². The van der Waals surface area contributed by atoms with E-state index in [-0.39, 0.29) is 22.9 Å². The van der Waals surface area contributed by atoms with Crippen molar-refractivity contribution in [3.8, 4) is 17.3 Å². The summed E-state index contributed by atoms with van der Waals surface area (Å²) in [6.45, 7) is 2.45. The van der Waals surface area contributed by atoms with Gasteiger partial charge in [-0.3, -0.25) is 9.59 Å². The van der Waals surface area contributed by atoms with Crippen molar-refractivity contribution in [3.63, 3.8) is 0 Å². The molecule has 0 aliphatic heterocycles. The number of hydrogen-bond donors (Lipinski definition) is 2. The van der Waals surface area contributed by atoms with Gasteiger partial charge in [0.25, 0.3) is 5.91 Å². The second-order valence-electron chi connectivity index (χ2n) is 5.83. The van der Waals surface area contributed by atoms with Crippen LogP contribution >= 0.6 is 0 Å². The molecule has 140 valence electrons. The molecule has 0 aliphatic carbocycles. The summed E-state index contributed by atoms with van der Waals surface area (Å²) in [4.78, 5) is 24.9. The Morgan fingerprint density at radius 1 is 1.18 bits per heavy atom. The van der Waals surface area contributed by atoms with E-state index in [0.29, 0.717) is 34.6 Å². The van der Waals surface area contributed by atoms with Crippen LogP contribution in [0.4, 0.5) is 5.69 Å². The van der Waals surface area contributed by atoms with Gasteiger partial charge in [-0.15, -0.1) is 10.2 Å². The lowest BCUT2D eigenvalue weighted by atomic mass is 10.1. The Hall–Kier alpha value is -4.01. The van der Waals surface area contributed by atoms with Crippen LogP contribution in [0.1, 0.15) is 17.3 Å². The van der Waals surface area contributed by atoms with Crippen LogP contribution in [0.2, 0.25) is 0 Å². The lowest BCUT2D eigenvalue weighted by Gasteiger charge is -2.08. The Morgan fingerprint density at radius 3 is 2.71 bits per heavy atom. The van der Waals surface area contributed by atoms with Crippen molar-refractivity contribution in [1.82, 2.24) is 20.6 Å². The van der Waals surface area contributed by atoms with Crippen LogP contribution in [0, 0.1) is 0 Å². The van der Waals surface area contributed by atoms with E-state index in [0.717, 1.165) is 0 Å². The Kier molecular flexibility index (Phi) is 4.55. The minimum absolute atomic E-state index is 0.187. The maximum absolute atomic E-state index is 12.4. The van der Waals surface area contributed by atoms with Gasteiger partial charge in [0.1, 0.15) is 11.3 Å². The minimum atomic E-state index is -0.296. The zero-order valence-corrected chi connectivity index (χ0v) is 14.8. The lowest BCUT2D eigenvalue weighted by Crippen LogP contribution is -2.12. The van der Waals surface area contributed by atoms with E-state index < -0.39 is 0 Å². The Bertz CT molecular complexity index is 1180. The fraction of sp³-hybridized carbons (Fsp3) is 0.105. The van der Waals surface area contributed by atoms with Gasteiger partial charge in [0, 0.05) is 17.3 Å². The standard InChI is InChI=1S/C19H15N5O4/c1-2-27-13-6-3-11(4-7-13)19(26)20-12-5-8-16-14(9-12)15(25)10-17(28-16)18-21-23-24-22-18/h3-10H,2H2,1H3,(H,20,26)(H,21,22,23,24).